The van der Waals surface area contributed by atoms with Crippen molar-refractivity contribution in [3.63, 3.8) is 0 Å². The van der Waals surface area contributed by atoms with Gasteiger partial charge >= 0.3 is 0 Å². The van der Waals surface area contributed by atoms with Crippen molar-refractivity contribution in [1.82, 2.24) is 13.2 Å². The van der Waals surface area contributed by atoms with E-state index in [0.29, 0.717) is 0 Å². The molecule has 0 aliphatic carbocycles. The minimum atomic E-state index is -0.0321. The molecule has 3 nitrogen and oxygen atoms in total. The third-order valence-corrected chi connectivity index (χ3v) is 15.7. The molecular formula is C62H61N3. The number of fused-ring (bicyclic) bond motifs is 18. The molecule has 13 aromatic rings. The van der Waals surface area contributed by atoms with E-state index in [1.54, 1.807) is 0 Å². The van der Waals surface area contributed by atoms with Gasteiger partial charge < -0.3 is 13.2 Å². The van der Waals surface area contributed by atoms with Crippen LogP contribution < -0.4 is 0 Å². The summed E-state index contributed by atoms with van der Waals surface area (Å²) in [4.78, 5) is 0. The topological polar surface area (TPSA) is 13.2 Å². The molecule has 0 amide bonds. The van der Waals surface area contributed by atoms with Gasteiger partial charge in [0.05, 0.1) is 49.7 Å². The Balaban J connectivity index is 1.21. The van der Waals surface area contributed by atoms with E-state index in [4.69, 9.17) is 0 Å². The summed E-state index contributed by atoms with van der Waals surface area (Å²) in [7, 11) is 0. The van der Waals surface area contributed by atoms with Gasteiger partial charge in [0.25, 0.3) is 0 Å². The summed E-state index contributed by atoms with van der Waals surface area (Å²) in [5, 5.41) is 16.1. The molecule has 324 valence electrons. The monoisotopic (exact) mass is 847 g/mol. The van der Waals surface area contributed by atoms with E-state index in [0.717, 1.165) is 0 Å². The molecule has 0 fully saturated rings. The highest BCUT2D eigenvalue weighted by Crippen LogP contribution is 2.50. The van der Waals surface area contributed by atoms with E-state index < -0.39 is 0 Å². The highest BCUT2D eigenvalue weighted by Gasteiger charge is 2.30. The van der Waals surface area contributed by atoms with Gasteiger partial charge in [0, 0.05) is 64.6 Å². The minimum Gasteiger partial charge on any atom is -0.308 e. The van der Waals surface area contributed by atoms with Crippen molar-refractivity contribution in [2.45, 2.75) is 131 Å². The van der Waals surface area contributed by atoms with E-state index in [9.17, 15) is 0 Å². The van der Waals surface area contributed by atoms with Gasteiger partial charge in [-0.3, -0.25) is 0 Å². The van der Waals surface area contributed by atoms with Crippen molar-refractivity contribution < 1.29 is 0 Å². The van der Waals surface area contributed by atoms with Gasteiger partial charge in [-0.1, -0.05) is 116 Å². The lowest BCUT2D eigenvalue weighted by molar-refractivity contribution is 0.590. The molecular weight excluding hydrogens is 787 g/mol. The number of benzene rings is 7. The van der Waals surface area contributed by atoms with Crippen LogP contribution >= 0.6 is 0 Å². The zero-order valence-electron chi connectivity index (χ0n) is 41.1. The Morgan fingerprint density at radius 1 is 0.215 bits per heavy atom. The predicted molar refractivity (Wildman–Crippen MR) is 284 cm³/mol. The number of hydrogen-bond donors (Lipinski definition) is 0. The van der Waals surface area contributed by atoms with Crippen LogP contribution in [0.4, 0.5) is 0 Å². The molecule has 7 aromatic carbocycles. The van der Waals surface area contributed by atoms with Crippen molar-refractivity contribution in [3.8, 4) is 0 Å². The average molecular weight is 848 g/mol. The van der Waals surface area contributed by atoms with E-state index in [-0.39, 0.29) is 27.1 Å². The molecule has 0 N–H and O–H groups in total. The summed E-state index contributed by atoms with van der Waals surface area (Å²) >= 11 is 0. The van der Waals surface area contributed by atoms with Gasteiger partial charge in [0.1, 0.15) is 0 Å². The third kappa shape index (κ3) is 5.03. The highest BCUT2D eigenvalue weighted by molar-refractivity contribution is 6.31. The fourth-order valence-corrected chi connectivity index (χ4v) is 11.9. The summed E-state index contributed by atoms with van der Waals surface area (Å²) in [5.41, 5.74) is 18.7. The van der Waals surface area contributed by atoms with Gasteiger partial charge in [0.2, 0.25) is 0 Å². The second-order valence-electron chi connectivity index (χ2n) is 25.3. The number of nitrogens with zero attached hydrogens (tertiary/aromatic N) is 3. The average Bonchev–Trinajstić information content (AvgIpc) is 4.04. The molecule has 13 rings (SSSR count). The molecule has 3 heteroatoms. The fourth-order valence-electron chi connectivity index (χ4n) is 11.9. The largest absolute Gasteiger partial charge is 0.308 e. The zero-order chi connectivity index (χ0) is 45.6. The van der Waals surface area contributed by atoms with E-state index >= 15 is 0 Å². The van der Waals surface area contributed by atoms with Gasteiger partial charge in [-0.2, -0.15) is 0 Å². The Kier molecular flexibility index (Phi) is 7.05. The number of rotatable bonds is 0. The SMILES string of the molecule is CC(C)(C)c1ccc2c(c1)c1cc(C(C)(C)C)cc3c4cc5c(cc4n2c13)c1cc(C(C)(C)C)cc2c3cc4c(cc3n5c12)c1cc(C(C)(C)C)cc2c3cc(C(C)(C)C)ccc3n4c21. The quantitative estimate of drug-likeness (QED) is 0.144. The van der Waals surface area contributed by atoms with E-state index in [1.165, 1.54) is 142 Å². The standard InChI is InChI=1S/C62H61N3/c1-58(2,3)32-16-18-49-37(20-32)43-22-34(60(7,8)9)24-45-39-30-53-41(28-51(39)63(49)55(43)45)47-26-36(62(13,14)15)27-48-42-29-52-40(31-54(42)65(53)57(47)48)46-25-35(61(10,11)12)23-44-38-21-33(59(4,5)6)17-19-50(38)64(52)56(44)46/h16-31H,1-15H3. The first kappa shape index (κ1) is 39.3. The summed E-state index contributed by atoms with van der Waals surface area (Å²) in [5.74, 6) is 0. The van der Waals surface area contributed by atoms with Gasteiger partial charge in [0.15, 0.2) is 0 Å². The van der Waals surface area contributed by atoms with Gasteiger partial charge in [-0.25, -0.2) is 0 Å². The molecule has 0 saturated heterocycles. The summed E-state index contributed by atoms with van der Waals surface area (Å²) in [6.07, 6.45) is 0. The molecule has 0 aliphatic heterocycles. The Morgan fingerprint density at radius 3 is 0.646 bits per heavy atom. The van der Waals surface area contributed by atoms with Crippen LogP contribution in [0, 0.1) is 0 Å². The fraction of sp³-hybridized carbons (Fsp3) is 0.323. The lowest BCUT2D eigenvalue weighted by Crippen LogP contribution is -2.11. The molecule has 0 saturated carbocycles. The maximum Gasteiger partial charge on any atom is 0.0620 e. The smallest absolute Gasteiger partial charge is 0.0620 e. The van der Waals surface area contributed by atoms with Crippen molar-refractivity contribution >= 4 is 114 Å². The van der Waals surface area contributed by atoms with Crippen LogP contribution in [0.15, 0.2) is 97.1 Å². The Bertz CT molecular complexity index is 3950. The zero-order valence-corrected chi connectivity index (χ0v) is 41.1. The van der Waals surface area contributed by atoms with Crippen LogP contribution in [-0.4, -0.2) is 13.2 Å². The molecule has 0 radical (unpaired) electrons. The van der Waals surface area contributed by atoms with Crippen molar-refractivity contribution in [3.05, 3.63) is 125 Å². The first-order chi connectivity index (χ1) is 30.4. The number of aromatic nitrogens is 3. The Hall–Kier alpha value is -6.06. The first-order valence-corrected chi connectivity index (χ1v) is 24.0. The normalized spacial score (nSPS) is 14.4. The van der Waals surface area contributed by atoms with Crippen LogP contribution in [0.5, 0.6) is 0 Å². The molecule has 0 spiro atoms. The van der Waals surface area contributed by atoms with E-state index in [2.05, 4.69) is 214 Å². The Morgan fingerprint density at radius 2 is 0.415 bits per heavy atom. The van der Waals surface area contributed by atoms with Crippen LogP contribution in [0.1, 0.15) is 132 Å². The number of hydrogen-bond acceptors (Lipinski definition) is 0. The van der Waals surface area contributed by atoms with Crippen molar-refractivity contribution in [2.24, 2.45) is 0 Å². The summed E-state index contributed by atoms with van der Waals surface area (Å²) in [6, 6.07) is 39.7. The van der Waals surface area contributed by atoms with Gasteiger partial charge in [-0.05, 0) is 140 Å². The van der Waals surface area contributed by atoms with Crippen LogP contribution in [0.2, 0.25) is 0 Å². The third-order valence-electron chi connectivity index (χ3n) is 15.7. The lowest BCUT2D eigenvalue weighted by Gasteiger charge is -2.20. The van der Waals surface area contributed by atoms with Crippen LogP contribution in [-0.2, 0) is 27.1 Å². The molecule has 0 bridgehead atoms. The molecule has 6 aromatic heterocycles. The van der Waals surface area contributed by atoms with Crippen molar-refractivity contribution in [1.29, 1.82) is 0 Å². The Labute approximate surface area is 381 Å². The maximum absolute atomic E-state index is 2.64. The lowest BCUT2D eigenvalue weighted by atomic mass is 9.84. The predicted octanol–water partition coefficient (Wildman–Crippen LogP) is 17.6. The highest BCUT2D eigenvalue weighted by atomic mass is 14.9. The van der Waals surface area contributed by atoms with Crippen LogP contribution in [0.3, 0.4) is 0 Å². The van der Waals surface area contributed by atoms with E-state index in [1.807, 2.05) is 0 Å². The van der Waals surface area contributed by atoms with Crippen LogP contribution in [0.25, 0.3) is 114 Å². The second kappa shape index (κ2) is 11.7. The molecule has 65 heavy (non-hydrogen) atoms. The van der Waals surface area contributed by atoms with Gasteiger partial charge in [-0.15, -0.1) is 0 Å². The molecule has 6 heterocycles. The molecule has 0 unspecified atom stereocenters. The minimum absolute atomic E-state index is 0.00212. The summed E-state index contributed by atoms with van der Waals surface area (Å²) < 4.78 is 7.82. The molecule has 0 atom stereocenters. The summed E-state index contributed by atoms with van der Waals surface area (Å²) in [6.45, 7) is 35.2. The second-order valence-corrected chi connectivity index (χ2v) is 25.3. The molecule has 0 aliphatic rings. The maximum atomic E-state index is 2.64. The van der Waals surface area contributed by atoms with Crippen molar-refractivity contribution in [2.75, 3.05) is 0 Å². The first-order valence-electron chi connectivity index (χ1n) is 24.0.